The number of benzene rings is 2. The summed E-state index contributed by atoms with van der Waals surface area (Å²) in [5, 5.41) is 3.05. The molecule has 1 aliphatic rings. The number of hydrogen-bond donors (Lipinski definition) is 1. The molecule has 1 unspecified atom stereocenters. The highest BCUT2D eigenvalue weighted by molar-refractivity contribution is 7.92. The maximum Gasteiger partial charge on any atom is 0.407 e. The zero-order valence-electron chi connectivity index (χ0n) is 16.5. The van der Waals surface area contributed by atoms with Crippen LogP contribution in [0.2, 0.25) is 5.02 Å². The van der Waals surface area contributed by atoms with Gasteiger partial charge < -0.3 is 14.5 Å². The van der Waals surface area contributed by atoms with Gasteiger partial charge in [0.25, 0.3) is 10.0 Å². The zero-order valence-corrected chi connectivity index (χ0v) is 18.1. The molecule has 162 valence electrons. The number of alkyl carbamates (subject to hydrolysis) is 1. The van der Waals surface area contributed by atoms with E-state index in [9.17, 15) is 13.2 Å². The van der Waals surface area contributed by atoms with E-state index in [-0.39, 0.29) is 18.0 Å². The Balaban J connectivity index is 1.54. The second kappa shape index (κ2) is 9.03. The van der Waals surface area contributed by atoms with Crippen molar-refractivity contribution in [1.29, 1.82) is 0 Å². The summed E-state index contributed by atoms with van der Waals surface area (Å²) in [6.07, 6.45) is 2.08. The van der Waals surface area contributed by atoms with Gasteiger partial charge in [0.15, 0.2) is 0 Å². The number of ether oxygens (including phenoxy) is 1. The molecule has 1 aromatic heterocycles. The number of carbonyl (C=O) groups is 1. The van der Waals surface area contributed by atoms with Crippen molar-refractivity contribution in [2.75, 3.05) is 10.9 Å². The molecular weight excluding hydrogens is 440 g/mol. The van der Waals surface area contributed by atoms with E-state index in [4.69, 9.17) is 20.8 Å². The number of aryl methyl sites for hydroxylation is 1. The Morgan fingerprint density at radius 2 is 1.90 bits per heavy atom. The second-order valence-electron chi connectivity index (χ2n) is 7.11. The lowest BCUT2D eigenvalue weighted by atomic mass is 9.98. The van der Waals surface area contributed by atoms with Crippen LogP contribution in [0.25, 0.3) is 0 Å². The number of para-hydroxylation sites is 1. The minimum absolute atomic E-state index is 0.0782. The molecule has 3 aromatic rings. The molecule has 0 fully saturated rings. The molecule has 0 spiro atoms. The molecule has 0 radical (unpaired) electrons. The van der Waals surface area contributed by atoms with E-state index in [2.05, 4.69) is 5.32 Å². The van der Waals surface area contributed by atoms with Crippen LogP contribution in [-0.2, 0) is 27.7 Å². The number of carbonyl (C=O) groups excluding carboxylic acids is 1. The predicted molar refractivity (Wildman–Crippen MR) is 117 cm³/mol. The van der Waals surface area contributed by atoms with Crippen molar-refractivity contribution in [3.8, 4) is 0 Å². The number of amides is 1. The van der Waals surface area contributed by atoms with Gasteiger partial charge in [0.1, 0.15) is 12.4 Å². The first kappa shape index (κ1) is 21.3. The molecule has 0 bridgehead atoms. The molecule has 0 saturated heterocycles. The molecule has 1 amide bonds. The minimum Gasteiger partial charge on any atom is -0.467 e. The average molecular weight is 461 g/mol. The highest BCUT2D eigenvalue weighted by atomic mass is 35.5. The van der Waals surface area contributed by atoms with Gasteiger partial charge in [-0.1, -0.05) is 29.8 Å². The Morgan fingerprint density at radius 1 is 1.13 bits per heavy atom. The first-order valence-corrected chi connectivity index (χ1v) is 11.6. The van der Waals surface area contributed by atoms with Gasteiger partial charge in [-0.25, -0.2) is 13.2 Å². The number of nitrogens with one attached hydrogen (secondary N) is 1. The van der Waals surface area contributed by atoms with E-state index in [1.54, 1.807) is 24.3 Å². The topological polar surface area (TPSA) is 88.8 Å². The summed E-state index contributed by atoms with van der Waals surface area (Å²) in [6.45, 7) is 0.108. The lowest BCUT2D eigenvalue weighted by Crippen LogP contribution is -2.47. The Kier molecular flexibility index (Phi) is 6.20. The fourth-order valence-electron chi connectivity index (χ4n) is 3.57. The third kappa shape index (κ3) is 4.70. The Labute approximate surface area is 185 Å². The molecule has 7 nitrogen and oxygen atoms in total. The van der Waals surface area contributed by atoms with Gasteiger partial charge in [0.2, 0.25) is 0 Å². The molecule has 4 rings (SSSR count). The third-order valence-electron chi connectivity index (χ3n) is 5.07. The summed E-state index contributed by atoms with van der Waals surface area (Å²) in [7, 11) is -3.89. The number of anilines is 1. The van der Waals surface area contributed by atoms with Crippen LogP contribution in [0.5, 0.6) is 0 Å². The summed E-state index contributed by atoms with van der Waals surface area (Å²) >= 11 is 5.93. The average Bonchev–Trinajstić information content (AvgIpc) is 3.29. The summed E-state index contributed by atoms with van der Waals surface area (Å²) in [4.78, 5) is 12.3. The van der Waals surface area contributed by atoms with Crippen LogP contribution in [0, 0.1) is 0 Å². The Hall–Kier alpha value is -2.97. The van der Waals surface area contributed by atoms with Crippen molar-refractivity contribution in [3.05, 3.63) is 83.3 Å². The SMILES string of the molecule is O=C(NCc1ccco1)OCC1CCc2ccccc2N1S(=O)(=O)c1ccc(Cl)cc1. The van der Waals surface area contributed by atoms with Crippen LogP contribution in [0.1, 0.15) is 17.7 Å². The van der Waals surface area contributed by atoms with Crippen LogP contribution in [-0.4, -0.2) is 27.2 Å². The Morgan fingerprint density at radius 3 is 2.65 bits per heavy atom. The quantitative estimate of drug-likeness (QED) is 0.590. The number of fused-ring (bicyclic) bond motifs is 1. The maximum absolute atomic E-state index is 13.5. The molecule has 1 N–H and O–H groups in total. The van der Waals surface area contributed by atoms with E-state index < -0.39 is 22.2 Å². The van der Waals surface area contributed by atoms with Crippen LogP contribution < -0.4 is 9.62 Å². The van der Waals surface area contributed by atoms with Crippen molar-refractivity contribution < 1.29 is 22.4 Å². The highest BCUT2D eigenvalue weighted by Crippen LogP contribution is 2.35. The van der Waals surface area contributed by atoms with Crippen LogP contribution >= 0.6 is 11.6 Å². The number of sulfonamides is 1. The minimum atomic E-state index is -3.89. The van der Waals surface area contributed by atoms with Crippen LogP contribution in [0.4, 0.5) is 10.5 Å². The number of nitrogens with zero attached hydrogens (tertiary/aromatic N) is 1. The summed E-state index contributed by atoms with van der Waals surface area (Å²) in [6, 6.07) is 16.3. The number of hydrogen-bond acceptors (Lipinski definition) is 5. The van der Waals surface area contributed by atoms with E-state index >= 15 is 0 Å². The predicted octanol–water partition coefficient (Wildman–Crippen LogP) is 4.37. The van der Waals surface area contributed by atoms with Gasteiger partial charge in [-0.05, 0) is 60.9 Å². The molecule has 9 heteroatoms. The largest absolute Gasteiger partial charge is 0.467 e. The molecule has 31 heavy (non-hydrogen) atoms. The monoisotopic (exact) mass is 460 g/mol. The first-order chi connectivity index (χ1) is 14.9. The van der Waals surface area contributed by atoms with Gasteiger partial charge >= 0.3 is 6.09 Å². The van der Waals surface area contributed by atoms with Gasteiger partial charge in [-0.3, -0.25) is 4.31 Å². The lowest BCUT2D eigenvalue weighted by Gasteiger charge is -2.37. The molecule has 1 atom stereocenters. The summed E-state index contributed by atoms with van der Waals surface area (Å²) in [5.74, 6) is 0.593. The third-order valence-corrected chi connectivity index (χ3v) is 7.20. The maximum atomic E-state index is 13.5. The van der Waals surface area contributed by atoms with Gasteiger partial charge in [-0.15, -0.1) is 0 Å². The zero-order chi connectivity index (χ0) is 21.8. The van der Waals surface area contributed by atoms with Crippen molar-refractivity contribution in [1.82, 2.24) is 5.32 Å². The first-order valence-electron chi connectivity index (χ1n) is 9.76. The fourth-order valence-corrected chi connectivity index (χ4v) is 5.39. The normalized spacial score (nSPS) is 15.9. The van der Waals surface area contributed by atoms with E-state index in [0.717, 1.165) is 5.56 Å². The molecule has 0 aliphatic carbocycles. The van der Waals surface area contributed by atoms with Crippen molar-refractivity contribution in [2.24, 2.45) is 0 Å². The smallest absolute Gasteiger partial charge is 0.407 e. The van der Waals surface area contributed by atoms with Crippen LogP contribution in [0.3, 0.4) is 0 Å². The Bertz CT molecular complexity index is 1150. The lowest BCUT2D eigenvalue weighted by molar-refractivity contribution is 0.136. The fraction of sp³-hybridized carbons (Fsp3) is 0.227. The van der Waals surface area contributed by atoms with E-state index in [1.807, 2.05) is 12.1 Å². The molecule has 2 heterocycles. The summed E-state index contributed by atoms with van der Waals surface area (Å²) < 4.78 is 38.9. The van der Waals surface area contributed by atoms with Crippen LogP contribution in [0.15, 0.2) is 76.2 Å². The number of furan rings is 1. The van der Waals surface area contributed by atoms with Crippen molar-refractivity contribution in [3.63, 3.8) is 0 Å². The standard InChI is InChI=1S/C22H21ClN2O5S/c23-17-8-11-20(12-9-17)31(27,28)25-18(10-7-16-4-1-2-6-21(16)25)15-30-22(26)24-14-19-5-3-13-29-19/h1-6,8-9,11-13,18H,7,10,14-15H2,(H,24,26). The van der Waals surface area contributed by atoms with Gasteiger partial charge in [-0.2, -0.15) is 0 Å². The highest BCUT2D eigenvalue weighted by Gasteiger charge is 2.36. The van der Waals surface area contributed by atoms with Gasteiger partial charge in [0, 0.05) is 5.02 Å². The molecule has 1 aliphatic heterocycles. The second-order valence-corrected chi connectivity index (χ2v) is 9.36. The van der Waals surface area contributed by atoms with E-state index in [0.29, 0.717) is 29.3 Å². The molecule has 0 saturated carbocycles. The number of rotatable bonds is 6. The molecular formula is C22H21ClN2O5S. The van der Waals surface area contributed by atoms with Gasteiger partial charge in [0.05, 0.1) is 29.4 Å². The molecule has 2 aromatic carbocycles. The summed E-state index contributed by atoms with van der Waals surface area (Å²) in [5.41, 5.74) is 1.52. The van der Waals surface area contributed by atoms with Crippen molar-refractivity contribution in [2.45, 2.75) is 30.3 Å². The van der Waals surface area contributed by atoms with E-state index in [1.165, 1.54) is 34.8 Å². The number of halogens is 1. The van der Waals surface area contributed by atoms with Crippen molar-refractivity contribution >= 4 is 33.4 Å².